The molecule has 3 atom stereocenters. The lowest BCUT2D eigenvalue weighted by Crippen LogP contribution is -2.42. The molecule has 3 aromatic rings. The molecule has 1 saturated heterocycles. The lowest BCUT2D eigenvalue weighted by Gasteiger charge is -2.37. The van der Waals surface area contributed by atoms with Crippen molar-refractivity contribution in [1.29, 1.82) is 0 Å². The highest BCUT2D eigenvalue weighted by Crippen LogP contribution is 2.35. The Morgan fingerprint density at radius 3 is 2.91 bits per heavy atom. The smallest absolute Gasteiger partial charge is 0.126 e. The maximum Gasteiger partial charge on any atom is 0.126 e. The summed E-state index contributed by atoms with van der Waals surface area (Å²) in [5, 5.41) is 18.3. The number of nitrogens with zero attached hydrogens (tertiary/aromatic N) is 4. The molecule has 3 heterocycles. The summed E-state index contributed by atoms with van der Waals surface area (Å²) < 4.78 is 20.6. The second-order valence-electron chi connectivity index (χ2n) is 8.49. The van der Waals surface area contributed by atoms with Crippen LogP contribution in [0.1, 0.15) is 36.6 Å². The van der Waals surface area contributed by atoms with Crippen molar-refractivity contribution in [1.82, 2.24) is 20.1 Å². The monoisotopic (exact) mass is 448 g/mol. The number of pyridine rings is 1. The van der Waals surface area contributed by atoms with Crippen LogP contribution < -0.4 is 4.74 Å². The Kier molecular flexibility index (Phi) is 7.82. The Hall–Kier alpha value is -3.08. The fourth-order valence-electron chi connectivity index (χ4n) is 4.57. The van der Waals surface area contributed by atoms with Crippen molar-refractivity contribution < 1.29 is 14.2 Å². The van der Waals surface area contributed by atoms with Gasteiger partial charge in [0.1, 0.15) is 11.9 Å². The maximum atomic E-state index is 15.3. The summed E-state index contributed by atoms with van der Waals surface area (Å²) in [6.07, 6.45) is 5.94. The number of halogens is 1. The predicted molar refractivity (Wildman–Crippen MR) is 125 cm³/mol. The molecule has 0 spiro atoms. The first-order valence-electron chi connectivity index (χ1n) is 11.3. The average Bonchev–Trinajstić information content (AvgIpc) is 2.87. The normalized spacial score (nSPS) is 19.6. The van der Waals surface area contributed by atoms with E-state index in [2.05, 4.69) is 31.9 Å². The summed E-state index contributed by atoms with van der Waals surface area (Å²) in [4.78, 5) is 6.61. The molecule has 1 fully saturated rings. The van der Waals surface area contributed by atoms with Crippen LogP contribution in [0, 0.1) is 23.7 Å². The van der Waals surface area contributed by atoms with E-state index in [1.54, 1.807) is 31.8 Å². The van der Waals surface area contributed by atoms with Gasteiger partial charge in [-0.15, -0.1) is 0 Å². The number of aliphatic hydroxyl groups excluding tert-OH is 1. The molecule has 4 rings (SSSR count). The van der Waals surface area contributed by atoms with E-state index in [0.29, 0.717) is 30.2 Å². The minimum Gasteiger partial charge on any atom is -0.497 e. The van der Waals surface area contributed by atoms with Crippen LogP contribution in [0.2, 0.25) is 0 Å². The average molecular weight is 449 g/mol. The number of alkyl halides is 1. The van der Waals surface area contributed by atoms with Gasteiger partial charge in [0.2, 0.25) is 0 Å². The number of hydrogen-bond donors (Lipinski definition) is 1. The Morgan fingerprint density at radius 2 is 2.12 bits per heavy atom. The van der Waals surface area contributed by atoms with Crippen molar-refractivity contribution in [2.24, 2.45) is 11.8 Å². The van der Waals surface area contributed by atoms with Crippen LogP contribution in [0.5, 0.6) is 5.75 Å². The van der Waals surface area contributed by atoms with Gasteiger partial charge in [-0.3, -0.25) is 9.88 Å². The van der Waals surface area contributed by atoms with Crippen LogP contribution in [-0.2, 0) is 0 Å². The summed E-state index contributed by atoms with van der Waals surface area (Å²) in [6.45, 7) is 2.42. The highest BCUT2D eigenvalue weighted by atomic mass is 19.1. The molecular weight excluding hydrogens is 419 g/mol. The molecule has 0 radical (unpaired) electrons. The number of aliphatic hydroxyl groups is 1. The van der Waals surface area contributed by atoms with Gasteiger partial charge in [-0.1, -0.05) is 11.8 Å². The SMILES string of the molecule is COc1ccc2nccc([C@H](F)CC[C@@H]3CCN(CC#Cc4ccnnc4)C[C@@H]3CO)c2c1. The van der Waals surface area contributed by atoms with Gasteiger partial charge in [0.15, 0.2) is 0 Å². The van der Waals surface area contributed by atoms with E-state index in [0.717, 1.165) is 42.4 Å². The lowest BCUT2D eigenvalue weighted by atomic mass is 9.81. The zero-order chi connectivity index (χ0) is 23.0. The van der Waals surface area contributed by atoms with E-state index in [9.17, 15) is 5.11 Å². The van der Waals surface area contributed by atoms with Crippen molar-refractivity contribution in [3.63, 3.8) is 0 Å². The summed E-state index contributed by atoms with van der Waals surface area (Å²) in [7, 11) is 1.60. The van der Waals surface area contributed by atoms with Gasteiger partial charge in [-0.05, 0) is 73.5 Å². The number of ether oxygens (including phenoxy) is 1. The van der Waals surface area contributed by atoms with Gasteiger partial charge < -0.3 is 9.84 Å². The fourth-order valence-corrected chi connectivity index (χ4v) is 4.57. The molecule has 33 heavy (non-hydrogen) atoms. The van der Waals surface area contributed by atoms with Crippen LogP contribution in [0.15, 0.2) is 48.9 Å². The third-order valence-corrected chi connectivity index (χ3v) is 6.44. The van der Waals surface area contributed by atoms with Gasteiger partial charge in [0.05, 0.1) is 31.6 Å². The van der Waals surface area contributed by atoms with Gasteiger partial charge in [-0.25, -0.2) is 4.39 Å². The van der Waals surface area contributed by atoms with Gasteiger partial charge >= 0.3 is 0 Å². The third-order valence-electron chi connectivity index (χ3n) is 6.44. The quantitative estimate of drug-likeness (QED) is 0.555. The first-order valence-corrected chi connectivity index (χ1v) is 11.3. The molecule has 0 bridgehead atoms. The molecule has 2 aromatic heterocycles. The third kappa shape index (κ3) is 5.84. The van der Waals surface area contributed by atoms with Crippen molar-refractivity contribution in [3.8, 4) is 17.6 Å². The highest BCUT2D eigenvalue weighted by Gasteiger charge is 2.29. The fraction of sp³-hybridized carbons (Fsp3) is 0.423. The van der Waals surface area contributed by atoms with E-state index in [4.69, 9.17) is 4.74 Å². The van der Waals surface area contributed by atoms with Crippen molar-refractivity contribution in [3.05, 3.63) is 60.0 Å². The largest absolute Gasteiger partial charge is 0.497 e. The molecular formula is C26H29FN4O2. The number of piperidine rings is 1. The lowest BCUT2D eigenvalue weighted by molar-refractivity contribution is 0.0708. The first kappa shape index (κ1) is 23.1. The van der Waals surface area contributed by atoms with Crippen LogP contribution >= 0.6 is 0 Å². The molecule has 0 unspecified atom stereocenters. The zero-order valence-corrected chi connectivity index (χ0v) is 18.8. The number of hydrogen-bond acceptors (Lipinski definition) is 6. The molecule has 0 saturated carbocycles. The standard InChI is InChI=1S/C26H29FN4O2/c1-33-22-5-7-26-24(15-22)23(9-11-28-26)25(27)6-4-20-10-14-31(17-21(20)18-32)13-2-3-19-8-12-29-30-16-19/h5,7-9,11-12,15-16,20-21,25,32H,4,6,10,13-14,17-18H2,1H3/t20-,21-,25-/m1/s1. The second-order valence-corrected chi connectivity index (χ2v) is 8.49. The van der Waals surface area contributed by atoms with E-state index in [-0.39, 0.29) is 12.5 Å². The Bertz CT molecular complexity index is 1120. The van der Waals surface area contributed by atoms with E-state index in [1.807, 2.05) is 24.3 Å². The Morgan fingerprint density at radius 1 is 1.21 bits per heavy atom. The summed E-state index contributed by atoms with van der Waals surface area (Å²) in [5.74, 6) is 7.40. The van der Waals surface area contributed by atoms with E-state index < -0.39 is 6.17 Å². The summed E-state index contributed by atoms with van der Waals surface area (Å²) in [6, 6.07) is 9.14. The number of likely N-dealkylation sites (tertiary alicyclic amines) is 1. The molecule has 1 aromatic carbocycles. The zero-order valence-electron chi connectivity index (χ0n) is 18.8. The topological polar surface area (TPSA) is 71.4 Å². The molecule has 0 amide bonds. The van der Waals surface area contributed by atoms with Crippen molar-refractivity contribution >= 4 is 10.9 Å². The molecule has 1 aliphatic heterocycles. The highest BCUT2D eigenvalue weighted by molar-refractivity contribution is 5.83. The van der Waals surface area contributed by atoms with E-state index in [1.165, 1.54) is 0 Å². The van der Waals surface area contributed by atoms with E-state index >= 15 is 4.39 Å². The molecule has 1 N–H and O–H groups in total. The molecule has 6 nitrogen and oxygen atoms in total. The Labute approximate surface area is 193 Å². The molecule has 1 aliphatic rings. The van der Waals surface area contributed by atoms with Gasteiger partial charge in [0.25, 0.3) is 0 Å². The number of aromatic nitrogens is 3. The number of benzene rings is 1. The maximum absolute atomic E-state index is 15.3. The van der Waals surface area contributed by atoms with Gasteiger partial charge in [0, 0.05) is 30.3 Å². The minimum absolute atomic E-state index is 0.106. The molecule has 7 heteroatoms. The molecule has 0 aliphatic carbocycles. The van der Waals surface area contributed by atoms with Gasteiger partial charge in [-0.2, -0.15) is 10.2 Å². The van der Waals surface area contributed by atoms with Crippen LogP contribution in [0.25, 0.3) is 10.9 Å². The summed E-state index contributed by atoms with van der Waals surface area (Å²) in [5.41, 5.74) is 2.26. The number of rotatable bonds is 7. The summed E-state index contributed by atoms with van der Waals surface area (Å²) >= 11 is 0. The van der Waals surface area contributed by atoms with Crippen LogP contribution in [0.4, 0.5) is 4.39 Å². The van der Waals surface area contributed by atoms with Crippen LogP contribution in [0.3, 0.4) is 0 Å². The number of methoxy groups -OCH3 is 1. The second kappa shape index (κ2) is 11.2. The van der Waals surface area contributed by atoms with Crippen molar-refractivity contribution in [2.75, 3.05) is 33.4 Å². The predicted octanol–water partition coefficient (Wildman–Crippen LogP) is 3.81. The Balaban J connectivity index is 1.34. The number of fused-ring (bicyclic) bond motifs is 1. The van der Waals surface area contributed by atoms with Crippen LogP contribution in [-0.4, -0.2) is 58.5 Å². The van der Waals surface area contributed by atoms with Crippen molar-refractivity contribution in [2.45, 2.75) is 25.4 Å². The first-order chi connectivity index (χ1) is 16.2. The molecule has 172 valence electrons. The minimum atomic E-state index is -1.08.